The van der Waals surface area contributed by atoms with Crippen LogP contribution in [0.25, 0.3) is 0 Å². The minimum atomic E-state index is 0.239. The molecule has 0 amide bonds. The van der Waals surface area contributed by atoms with Gasteiger partial charge >= 0.3 is 0 Å². The second-order valence-electron chi connectivity index (χ2n) is 4.78. The lowest BCUT2D eigenvalue weighted by Crippen LogP contribution is -2.26. The molecule has 2 rings (SSSR count). The SMILES string of the molecule is CCC1CCC(=O)C(Cc2cccnc2)C1. The van der Waals surface area contributed by atoms with Crippen molar-refractivity contribution in [2.75, 3.05) is 0 Å². The zero-order chi connectivity index (χ0) is 11.4. The van der Waals surface area contributed by atoms with Crippen molar-refractivity contribution >= 4 is 5.78 Å². The minimum absolute atomic E-state index is 0.239. The van der Waals surface area contributed by atoms with E-state index >= 15 is 0 Å². The number of carbonyl (C=O) groups is 1. The maximum atomic E-state index is 11.8. The molecule has 0 aliphatic heterocycles. The van der Waals surface area contributed by atoms with Crippen LogP contribution in [0.5, 0.6) is 0 Å². The highest BCUT2D eigenvalue weighted by Crippen LogP contribution is 2.30. The van der Waals surface area contributed by atoms with Gasteiger partial charge in [-0.1, -0.05) is 19.4 Å². The maximum Gasteiger partial charge on any atom is 0.136 e. The van der Waals surface area contributed by atoms with Crippen LogP contribution in [0.2, 0.25) is 0 Å². The lowest BCUT2D eigenvalue weighted by atomic mass is 9.77. The van der Waals surface area contributed by atoms with Crippen molar-refractivity contribution in [2.45, 2.75) is 39.0 Å². The highest BCUT2D eigenvalue weighted by Gasteiger charge is 2.27. The van der Waals surface area contributed by atoms with E-state index in [0.29, 0.717) is 5.78 Å². The first-order valence-electron chi connectivity index (χ1n) is 6.21. The average molecular weight is 217 g/mol. The van der Waals surface area contributed by atoms with Crippen molar-refractivity contribution in [3.05, 3.63) is 30.1 Å². The Morgan fingerprint density at radius 1 is 1.50 bits per heavy atom. The van der Waals surface area contributed by atoms with Crippen LogP contribution in [0.15, 0.2) is 24.5 Å². The van der Waals surface area contributed by atoms with E-state index in [1.807, 2.05) is 12.3 Å². The molecule has 0 N–H and O–H groups in total. The summed E-state index contributed by atoms with van der Waals surface area (Å²) < 4.78 is 0. The molecule has 0 spiro atoms. The van der Waals surface area contributed by atoms with Gasteiger partial charge in [0.1, 0.15) is 5.78 Å². The summed E-state index contributed by atoms with van der Waals surface area (Å²) in [4.78, 5) is 15.9. The highest BCUT2D eigenvalue weighted by molar-refractivity contribution is 5.82. The maximum absolute atomic E-state index is 11.8. The number of hydrogen-bond donors (Lipinski definition) is 0. The molecule has 1 fully saturated rings. The first-order chi connectivity index (χ1) is 7.79. The summed E-state index contributed by atoms with van der Waals surface area (Å²) in [6.45, 7) is 2.22. The predicted molar refractivity (Wildman–Crippen MR) is 64.1 cm³/mol. The van der Waals surface area contributed by atoms with Gasteiger partial charge in [-0.25, -0.2) is 0 Å². The van der Waals surface area contributed by atoms with Crippen molar-refractivity contribution < 1.29 is 4.79 Å². The summed E-state index contributed by atoms with van der Waals surface area (Å²) in [6.07, 6.45) is 8.69. The zero-order valence-corrected chi connectivity index (χ0v) is 9.86. The molecule has 1 aromatic heterocycles. The molecule has 1 aliphatic carbocycles. The van der Waals surface area contributed by atoms with Gasteiger partial charge in [0.15, 0.2) is 0 Å². The van der Waals surface area contributed by atoms with E-state index in [4.69, 9.17) is 0 Å². The minimum Gasteiger partial charge on any atom is -0.299 e. The molecular weight excluding hydrogens is 198 g/mol. The summed E-state index contributed by atoms with van der Waals surface area (Å²) in [6, 6.07) is 4.01. The van der Waals surface area contributed by atoms with Crippen LogP contribution in [0.4, 0.5) is 0 Å². The Kier molecular flexibility index (Phi) is 3.70. The number of ketones is 1. The first-order valence-corrected chi connectivity index (χ1v) is 6.21. The van der Waals surface area contributed by atoms with Crippen molar-refractivity contribution in [1.29, 1.82) is 0 Å². The molecule has 2 nitrogen and oxygen atoms in total. The molecule has 2 heteroatoms. The van der Waals surface area contributed by atoms with Gasteiger partial charge in [0.05, 0.1) is 0 Å². The number of aromatic nitrogens is 1. The molecule has 1 aliphatic rings. The van der Waals surface area contributed by atoms with Crippen LogP contribution in [-0.2, 0) is 11.2 Å². The van der Waals surface area contributed by atoms with Crippen LogP contribution in [0.1, 0.15) is 38.2 Å². The second kappa shape index (κ2) is 5.24. The van der Waals surface area contributed by atoms with Crippen LogP contribution in [0.3, 0.4) is 0 Å². The van der Waals surface area contributed by atoms with Gasteiger partial charge in [-0.2, -0.15) is 0 Å². The third-order valence-electron chi connectivity index (χ3n) is 3.65. The van der Waals surface area contributed by atoms with Gasteiger partial charge in [-0.05, 0) is 36.8 Å². The highest BCUT2D eigenvalue weighted by atomic mass is 16.1. The standard InChI is InChI=1S/C14H19NO/c1-2-11-5-6-14(16)13(8-11)9-12-4-3-7-15-10-12/h3-4,7,10-11,13H,2,5-6,8-9H2,1H3. The molecular formula is C14H19NO. The Hall–Kier alpha value is -1.18. The first kappa shape index (κ1) is 11.3. The average Bonchev–Trinajstić information content (AvgIpc) is 2.33. The van der Waals surface area contributed by atoms with Crippen LogP contribution in [-0.4, -0.2) is 10.8 Å². The molecule has 1 saturated carbocycles. The van der Waals surface area contributed by atoms with E-state index in [2.05, 4.69) is 18.0 Å². The number of pyridine rings is 1. The molecule has 2 unspecified atom stereocenters. The number of carbonyl (C=O) groups excluding carboxylic acids is 1. The van der Waals surface area contributed by atoms with Crippen molar-refractivity contribution in [1.82, 2.24) is 4.98 Å². The lowest BCUT2D eigenvalue weighted by Gasteiger charge is -2.27. The Labute approximate surface area is 97.1 Å². The van der Waals surface area contributed by atoms with Crippen molar-refractivity contribution in [3.63, 3.8) is 0 Å². The third kappa shape index (κ3) is 2.69. The number of rotatable bonds is 3. The molecule has 0 saturated heterocycles. The summed E-state index contributed by atoms with van der Waals surface area (Å²) in [5.41, 5.74) is 1.19. The van der Waals surface area contributed by atoms with E-state index in [1.165, 1.54) is 12.0 Å². The van der Waals surface area contributed by atoms with Crippen LogP contribution in [0, 0.1) is 11.8 Å². The zero-order valence-electron chi connectivity index (χ0n) is 9.86. The summed E-state index contributed by atoms with van der Waals surface area (Å²) in [5.74, 6) is 1.44. The van der Waals surface area contributed by atoms with Crippen molar-refractivity contribution in [3.8, 4) is 0 Å². The summed E-state index contributed by atoms with van der Waals surface area (Å²) in [7, 11) is 0. The van der Waals surface area contributed by atoms with Gasteiger partial charge in [-0.15, -0.1) is 0 Å². The van der Waals surface area contributed by atoms with Crippen LogP contribution < -0.4 is 0 Å². The van der Waals surface area contributed by atoms with Gasteiger partial charge in [0, 0.05) is 24.7 Å². The molecule has 0 radical (unpaired) electrons. The summed E-state index contributed by atoms with van der Waals surface area (Å²) >= 11 is 0. The van der Waals surface area contributed by atoms with E-state index in [9.17, 15) is 4.79 Å². The third-order valence-corrected chi connectivity index (χ3v) is 3.65. The molecule has 16 heavy (non-hydrogen) atoms. The quantitative estimate of drug-likeness (QED) is 0.779. The number of nitrogens with zero attached hydrogens (tertiary/aromatic N) is 1. The fourth-order valence-corrected chi connectivity index (χ4v) is 2.57. The topological polar surface area (TPSA) is 30.0 Å². The normalized spacial score (nSPS) is 25.7. The largest absolute Gasteiger partial charge is 0.299 e. The smallest absolute Gasteiger partial charge is 0.136 e. The number of hydrogen-bond acceptors (Lipinski definition) is 2. The second-order valence-corrected chi connectivity index (χ2v) is 4.78. The van der Waals surface area contributed by atoms with Gasteiger partial charge in [-0.3, -0.25) is 9.78 Å². The Morgan fingerprint density at radius 3 is 3.06 bits per heavy atom. The lowest BCUT2D eigenvalue weighted by molar-refractivity contribution is -0.125. The van der Waals surface area contributed by atoms with Crippen LogP contribution >= 0.6 is 0 Å². The molecule has 1 heterocycles. The van der Waals surface area contributed by atoms with E-state index < -0.39 is 0 Å². The van der Waals surface area contributed by atoms with Gasteiger partial charge in [0.2, 0.25) is 0 Å². The fourth-order valence-electron chi connectivity index (χ4n) is 2.57. The van der Waals surface area contributed by atoms with Gasteiger partial charge in [0.25, 0.3) is 0 Å². The molecule has 2 atom stereocenters. The summed E-state index contributed by atoms with van der Waals surface area (Å²) in [5, 5.41) is 0. The molecule has 0 bridgehead atoms. The Morgan fingerprint density at radius 2 is 2.38 bits per heavy atom. The monoisotopic (exact) mass is 217 g/mol. The number of Topliss-reactive ketones (excluding diaryl/α,β-unsaturated/α-hetero) is 1. The van der Waals surface area contributed by atoms with E-state index in [1.54, 1.807) is 6.20 Å². The van der Waals surface area contributed by atoms with E-state index in [-0.39, 0.29) is 5.92 Å². The fraction of sp³-hybridized carbons (Fsp3) is 0.571. The Balaban J connectivity index is 2.00. The predicted octanol–water partition coefficient (Wildman–Crippen LogP) is 3.02. The Bertz CT molecular complexity index is 347. The molecule has 86 valence electrons. The molecule has 1 aromatic rings. The molecule has 0 aromatic carbocycles. The van der Waals surface area contributed by atoms with Crippen molar-refractivity contribution in [2.24, 2.45) is 11.8 Å². The van der Waals surface area contributed by atoms with E-state index in [0.717, 1.165) is 31.6 Å². The van der Waals surface area contributed by atoms with Gasteiger partial charge < -0.3 is 0 Å².